The monoisotopic (exact) mass is 670 g/mol. The van der Waals surface area contributed by atoms with Crippen LogP contribution in [0.4, 0.5) is 0 Å². The van der Waals surface area contributed by atoms with E-state index in [2.05, 4.69) is 0 Å². The Morgan fingerprint density at radius 3 is 1.80 bits per heavy atom. The Balaban J connectivity index is 0.000000549. The summed E-state index contributed by atoms with van der Waals surface area (Å²) in [5.74, 6) is -0.244. The molecule has 266 valence electrons. The molecule has 0 bridgehead atoms. The van der Waals surface area contributed by atoms with Gasteiger partial charge in [-0.2, -0.15) is 0 Å². The molecule has 3 aliphatic rings. The first kappa shape index (κ1) is 38.8. The second-order valence-electron chi connectivity index (χ2n) is 11.3. The molecular formula is C28H46O18. The van der Waals surface area contributed by atoms with Crippen LogP contribution in [-0.2, 0) is 39.8 Å². The maximum atomic E-state index is 11.4. The van der Waals surface area contributed by atoms with E-state index in [-0.39, 0.29) is 12.4 Å². The van der Waals surface area contributed by atoms with Crippen molar-refractivity contribution in [1.82, 2.24) is 0 Å². The molecule has 1 aromatic rings. The molecule has 9 N–H and O–H groups in total. The van der Waals surface area contributed by atoms with E-state index in [4.69, 9.17) is 42.7 Å². The van der Waals surface area contributed by atoms with Gasteiger partial charge in [-0.1, -0.05) is 6.92 Å². The third-order valence-corrected chi connectivity index (χ3v) is 8.40. The molecule has 3 saturated heterocycles. The number of aliphatic hydroxyl groups is 9. The van der Waals surface area contributed by atoms with Gasteiger partial charge < -0.3 is 83.5 Å². The SMILES string of the molecule is COC1OC(CO)C(OC2OC(CO)C(OC3OC(CO)C(OC)C(O)C3O)C(C)(O)C2C)C(O)C1O.O=Cc1ccc(CO)o1. The average molecular weight is 671 g/mol. The van der Waals surface area contributed by atoms with Gasteiger partial charge >= 0.3 is 0 Å². The molecular weight excluding hydrogens is 624 g/mol. The highest BCUT2D eigenvalue weighted by molar-refractivity contribution is 5.70. The fraction of sp³-hybridized carbons (Fsp3) is 0.821. The first-order valence-electron chi connectivity index (χ1n) is 14.6. The van der Waals surface area contributed by atoms with Crippen LogP contribution in [-0.4, -0.2) is 172 Å². The van der Waals surface area contributed by atoms with Crippen molar-refractivity contribution >= 4 is 6.29 Å². The van der Waals surface area contributed by atoms with Gasteiger partial charge in [0.15, 0.2) is 30.9 Å². The minimum absolute atomic E-state index is 0.159. The van der Waals surface area contributed by atoms with E-state index in [0.717, 1.165) is 0 Å². The second kappa shape index (κ2) is 17.1. The molecule has 46 heavy (non-hydrogen) atoms. The Bertz CT molecular complexity index is 1050. The van der Waals surface area contributed by atoms with Crippen LogP contribution < -0.4 is 0 Å². The van der Waals surface area contributed by atoms with Gasteiger partial charge in [-0.05, 0) is 19.1 Å². The van der Waals surface area contributed by atoms with Crippen molar-refractivity contribution in [3.63, 3.8) is 0 Å². The molecule has 3 fully saturated rings. The number of hydrogen-bond donors (Lipinski definition) is 9. The molecule has 15 unspecified atom stereocenters. The molecule has 0 amide bonds. The smallest absolute Gasteiger partial charge is 0.187 e. The number of furan rings is 1. The van der Waals surface area contributed by atoms with Crippen molar-refractivity contribution in [3.05, 3.63) is 23.7 Å². The van der Waals surface area contributed by atoms with E-state index in [0.29, 0.717) is 12.0 Å². The third kappa shape index (κ3) is 8.29. The topological polar surface area (TPSA) is 277 Å². The van der Waals surface area contributed by atoms with Crippen molar-refractivity contribution in [1.29, 1.82) is 0 Å². The molecule has 4 heterocycles. The number of carbonyl (C=O) groups is 1. The predicted molar refractivity (Wildman–Crippen MR) is 149 cm³/mol. The molecule has 15 atom stereocenters. The molecule has 0 spiro atoms. The molecule has 0 aliphatic carbocycles. The van der Waals surface area contributed by atoms with Gasteiger partial charge in [-0.15, -0.1) is 0 Å². The molecule has 18 nitrogen and oxygen atoms in total. The van der Waals surface area contributed by atoms with Crippen LogP contribution in [0.25, 0.3) is 0 Å². The zero-order valence-corrected chi connectivity index (χ0v) is 25.8. The van der Waals surface area contributed by atoms with Crippen LogP contribution in [0, 0.1) is 5.92 Å². The van der Waals surface area contributed by atoms with E-state index in [1.807, 2.05) is 0 Å². The summed E-state index contributed by atoms with van der Waals surface area (Å²) in [4.78, 5) is 9.96. The molecule has 0 radical (unpaired) electrons. The van der Waals surface area contributed by atoms with E-state index >= 15 is 0 Å². The number of ether oxygens (including phenoxy) is 7. The summed E-state index contributed by atoms with van der Waals surface area (Å²) < 4.78 is 43.4. The molecule has 4 rings (SSSR count). The Labute approximate surface area is 264 Å². The number of aldehydes is 1. The maximum absolute atomic E-state index is 11.4. The summed E-state index contributed by atoms with van der Waals surface area (Å²) in [5.41, 5.74) is -1.81. The second-order valence-corrected chi connectivity index (χ2v) is 11.3. The predicted octanol–water partition coefficient (Wildman–Crippen LogP) is -4.02. The molecule has 3 aliphatic heterocycles. The first-order chi connectivity index (χ1) is 21.8. The quantitative estimate of drug-likeness (QED) is 0.101. The first-order valence-corrected chi connectivity index (χ1v) is 14.6. The highest BCUT2D eigenvalue weighted by Crippen LogP contribution is 2.40. The Morgan fingerprint density at radius 2 is 1.30 bits per heavy atom. The Morgan fingerprint density at radius 1 is 0.761 bits per heavy atom. The zero-order valence-electron chi connectivity index (χ0n) is 25.8. The van der Waals surface area contributed by atoms with Gasteiger partial charge in [0.05, 0.1) is 25.4 Å². The van der Waals surface area contributed by atoms with Crippen molar-refractivity contribution in [2.45, 2.75) is 106 Å². The lowest BCUT2D eigenvalue weighted by Gasteiger charge is -2.52. The van der Waals surface area contributed by atoms with Crippen LogP contribution in [0.5, 0.6) is 0 Å². The fourth-order valence-corrected chi connectivity index (χ4v) is 5.50. The van der Waals surface area contributed by atoms with Crippen LogP contribution in [0.15, 0.2) is 16.5 Å². The van der Waals surface area contributed by atoms with E-state index < -0.39 is 111 Å². The molecule has 0 aromatic carbocycles. The summed E-state index contributed by atoms with van der Waals surface area (Å²) in [7, 11) is 2.54. The highest BCUT2D eigenvalue weighted by atomic mass is 16.8. The van der Waals surface area contributed by atoms with Crippen LogP contribution in [0.1, 0.15) is 30.2 Å². The maximum Gasteiger partial charge on any atom is 0.187 e. The van der Waals surface area contributed by atoms with Crippen molar-refractivity contribution in [2.24, 2.45) is 5.92 Å². The zero-order chi connectivity index (χ0) is 34.3. The number of methoxy groups -OCH3 is 2. The van der Waals surface area contributed by atoms with Gasteiger partial charge in [0, 0.05) is 20.1 Å². The average Bonchev–Trinajstić information content (AvgIpc) is 3.54. The largest absolute Gasteiger partial charge is 0.456 e. The third-order valence-electron chi connectivity index (χ3n) is 8.40. The van der Waals surface area contributed by atoms with Gasteiger partial charge in [0.25, 0.3) is 0 Å². The van der Waals surface area contributed by atoms with Crippen LogP contribution in [0.3, 0.4) is 0 Å². The minimum Gasteiger partial charge on any atom is -0.456 e. The lowest BCUT2D eigenvalue weighted by molar-refractivity contribution is -0.386. The van der Waals surface area contributed by atoms with Crippen molar-refractivity contribution in [2.75, 3.05) is 34.0 Å². The number of carbonyl (C=O) groups excluding carboxylic acids is 1. The lowest BCUT2D eigenvalue weighted by Crippen LogP contribution is -2.68. The highest BCUT2D eigenvalue weighted by Gasteiger charge is 2.57. The molecule has 0 saturated carbocycles. The summed E-state index contributed by atoms with van der Waals surface area (Å²) >= 11 is 0. The number of hydrogen-bond acceptors (Lipinski definition) is 18. The van der Waals surface area contributed by atoms with Crippen LogP contribution in [0.2, 0.25) is 0 Å². The van der Waals surface area contributed by atoms with E-state index in [9.17, 15) is 45.6 Å². The fourth-order valence-electron chi connectivity index (χ4n) is 5.50. The minimum atomic E-state index is -1.81. The van der Waals surface area contributed by atoms with E-state index in [1.54, 1.807) is 6.07 Å². The van der Waals surface area contributed by atoms with Crippen molar-refractivity contribution < 1.29 is 88.3 Å². The van der Waals surface area contributed by atoms with Gasteiger partial charge in [0.2, 0.25) is 0 Å². The van der Waals surface area contributed by atoms with E-state index in [1.165, 1.54) is 34.1 Å². The Hall–Kier alpha value is -1.69. The van der Waals surface area contributed by atoms with Gasteiger partial charge in [-0.25, -0.2) is 0 Å². The lowest BCUT2D eigenvalue weighted by atomic mass is 9.79. The normalized spacial score (nSPS) is 43.1. The number of rotatable bonds is 11. The molecule has 18 heteroatoms. The summed E-state index contributed by atoms with van der Waals surface area (Å²) in [5, 5.41) is 91.1. The van der Waals surface area contributed by atoms with Crippen LogP contribution >= 0.6 is 0 Å². The summed E-state index contributed by atoms with van der Waals surface area (Å²) in [6.07, 6.45) is -16.6. The van der Waals surface area contributed by atoms with Crippen molar-refractivity contribution in [3.8, 4) is 0 Å². The number of aliphatic hydroxyl groups excluding tert-OH is 8. The summed E-state index contributed by atoms with van der Waals surface area (Å²) in [6.45, 7) is 0.942. The molecule has 1 aromatic heterocycles. The summed E-state index contributed by atoms with van der Waals surface area (Å²) in [6, 6.07) is 3.07. The Kier molecular flexibility index (Phi) is 14.4. The standard InChI is InChI=1S/C22H40O15.C6H6O3/c1-8-19(36-17-10(6-24)33-20(32-4)14(28)13(17)27)35-11(7-25)18(22(8,2)30)37-21-15(29)12(26)16(31-3)9(5-23)34-21;7-3-5-1-2-6(4-8)9-5/h8-21,23-30H,5-7H2,1-4H3;1-3,8H,4H2. The van der Waals surface area contributed by atoms with Gasteiger partial charge in [-0.3, -0.25) is 4.79 Å². The van der Waals surface area contributed by atoms with Gasteiger partial charge in [0.1, 0.15) is 73.4 Å².